The van der Waals surface area contributed by atoms with Gasteiger partial charge in [0.2, 0.25) is 0 Å². The van der Waals surface area contributed by atoms with Crippen LogP contribution in [0.1, 0.15) is 21.7 Å². The molecule has 1 amide bonds. The standard InChI is InChI=1S/C23H19N3O2/c1-15-7-3-5-9-20(15)25-22(27)17-11-13-18(14-12-17)26-16(2)24-21-10-6-4-8-19(21)23(26)28/h3-14H,1-2H3,(H,25,27). The second-order valence-corrected chi connectivity index (χ2v) is 6.63. The van der Waals surface area contributed by atoms with Gasteiger partial charge in [-0.25, -0.2) is 4.98 Å². The zero-order valence-corrected chi connectivity index (χ0v) is 15.6. The number of nitrogens with one attached hydrogen (secondary N) is 1. The van der Waals surface area contributed by atoms with Crippen molar-refractivity contribution in [3.63, 3.8) is 0 Å². The normalized spacial score (nSPS) is 10.8. The van der Waals surface area contributed by atoms with E-state index in [0.717, 1.165) is 11.3 Å². The van der Waals surface area contributed by atoms with E-state index in [1.165, 1.54) is 0 Å². The van der Waals surface area contributed by atoms with Gasteiger partial charge in [-0.2, -0.15) is 0 Å². The van der Waals surface area contributed by atoms with Crippen molar-refractivity contribution in [3.8, 4) is 5.69 Å². The first kappa shape index (κ1) is 17.7. The fraction of sp³-hybridized carbons (Fsp3) is 0.0870. The van der Waals surface area contributed by atoms with Crippen LogP contribution < -0.4 is 10.9 Å². The number of anilines is 1. The van der Waals surface area contributed by atoms with Crippen LogP contribution in [0.2, 0.25) is 0 Å². The maximum absolute atomic E-state index is 12.9. The average molecular weight is 369 g/mol. The maximum Gasteiger partial charge on any atom is 0.265 e. The van der Waals surface area contributed by atoms with Gasteiger partial charge in [0, 0.05) is 11.3 Å². The highest BCUT2D eigenvalue weighted by molar-refractivity contribution is 6.04. The third kappa shape index (κ3) is 3.18. The van der Waals surface area contributed by atoms with E-state index < -0.39 is 0 Å². The van der Waals surface area contributed by atoms with E-state index in [4.69, 9.17) is 0 Å². The van der Waals surface area contributed by atoms with Crippen LogP contribution in [-0.2, 0) is 0 Å². The number of nitrogens with zero attached hydrogens (tertiary/aromatic N) is 2. The van der Waals surface area contributed by atoms with Crippen molar-refractivity contribution >= 4 is 22.5 Å². The van der Waals surface area contributed by atoms with Crippen LogP contribution in [0.15, 0.2) is 77.6 Å². The lowest BCUT2D eigenvalue weighted by Crippen LogP contribution is -2.22. The van der Waals surface area contributed by atoms with Crippen LogP contribution in [0.3, 0.4) is 0 Å². The number of rotatable bonds is 3. The Morgan fingerprint density at radius 3 is 2.32 bits per heavy atom. The fourth-order valence-corrected chi connectivity index (χ4v) is 3.22. The molecular formula is C23H19N3O2. The number of aryl methyl sites for hydroxylation is 2. The van der Waals surface area contributed by atoms with Gasteiger partial charge in [0.05, 0.1) is 16.6 Å². The van der Waals surface area contributed by atoms with Gasteiger partial charge in [0.1, 0.15) is 5.82 Å². The van der Waals surface area contributed by atoms with E-state index in [1.54, 1.807) is 41.8 Å². The average Bonchev–Trinajstić information content (AvgIpc) is 2.70. The first-order valence-corrected chi connectivity index (χ1v) is 9.00. The maximum atomic E-state index is 12.9. The molecule has 0 aliphatic rings. The van der Waals surface area contributed by atoms with Crippen LogP contribution in [-0.4, -0.2) is 15.5 Å². The molecule has 1 N–H and O–H groups in total. The van der Waals surface area contributed by atoms with Crippen molar-refractivity contribution in [2.45, 2.75) is 13.8 Å². The lowest BCUT2D eigenvalue weighted by molar-refractivity contribution is 0.102. The summed E-state index contributed by atoms with van der Waals surface area (Å²) in [5.41, 5.74) is 3.52. The molecule has 4 rings (SSSR count). The van der Waals surface area contributed by atoms with Crippen LogP contribution in [0, 0.1) is 13.8 Å². The largest absolute Gasteiger partial charge is 0.322 e. The molecule has 1 heterocycles. The van der Waals surface area contributed by atoms with Crippen LogP contribution in [0.4, 0.5) is 5.69 Å². The van der Waals surface area contributed by atoms with Gasteiger partial charge in [-0.3, -0.25) is 14.2 Å². The Kier molecular flexibility index (Phi) is 4.49. The molecule has 0 atom stereocenters. The van der Waals surface area contributed by atoms with Gasteiger partial charge in [-0.15, -0.1) is 0 Å². The minimum atomic E-state index is -0.193. The topological polar surface area (TPSA) is 64.0 Å². The molecule has 3 aromatic carbocycles. The van der Waals surface area contributed by atoms with Crippen molar-refractivity contribution in [1.82, 2.24) is 9.55 Å². The molecule has 0 aliphatic heterocycles. The number of para-hydroxylation sites is 2. The molecule has 0 bridgehead atoms. The molecule has 0 radical (unpaired) electrons. The Balaban J connectivity index is 1.67. The minimum absolute atomic E-state index is 0.125. The third-order valence-corrected chi connectivity index (χ3v) is 4.72. The highest BCUT2D eigenvalue weighted by Gasteiger charge is 2.11. The van der Waals surface area contributed by atoms with Crippen molar-refractivity contribution in [3.05, 3.63) is 100 Å². The Morgan fingerprint density at radius 1 is 0.893 bits per heavy atom. The summed E-state index contributed by atoms with van der Waals surface area (Å²) in [6, 6.07) is 21.8. The Bertz CT molecular complexity index is 1240. The SMILES string of the molecule is Cc1ccccc1NC(=O)c1ccc(-n2c(C)nc3ccccc3c2=O)cc1. The zero-order valence-electron chi connectivity index (χ0n) is 15.6. The van der Waals surface area contributed by atoms with Crippen molar-refractivity contribution in [2.24, 2.45) is 0 Å². The van der Waals surface area contributed by atoms with Crippen molar-refractivity contribution in [1.29, 1.82) is 0 Å². The minimum Gasteiger partial charge on any atom is -0.322 e. The van der Waals surface area contributed by atoms with Crippen molar-refractivity contribution < 1.29 is 4.79 Å². The molecular weight excluding hydrogens is 350 g/mol. The quantitative estimate of drug-likeness (QED) is 0.587. The summed E-state index contributed by atoms with van der Waals surface area (Å²) in [7, 11) is 0. The van der Waals surface area contributed by atoms with Gasteiger partial charge in [0.25, 0.3) is 11.5 Å². The number of fused-ring (bicyclic) bond motifs is 1. The molecule has 4 aromatic rings. The van der Waals surface area contributed by atoms with Gasteiger partial charge in [-0.1, -0.05) is 30.3 Å². The second kappa shape index (κ2) is 7.12. The number of amides is 1. The molecule has 0 saturated heterocycles. The predicted molar refractivity (Wildman–Crippen MR) is 111 cm³/mol. The van der Waals surface area contributed by atoms with E-state index in [-0.39, 0.29) is 11.5 Å². The molecule has 0 spiro atoms. The van der Waals surface area contributed by atoms with Gasteiger partial charge >= 0.3 is 0 Å². The van der Waals surface area contributed by atoms with E-state index in [0.29, 0.717) is 28.0 Å². The summed E-state index contributed by atoms with van der Waals surface area (Å²) < 4.78 is 1.56. The van der Waals surface area contributed by atoms with E-state index >= 15 is 0 Å². The summed E-state index contributed by atoms with van der Waals surface area (Å²) in [5, 5.41) is 3.48. The third-order valence-electron chi connectivity index (χ3n) is 4.72. The molecule has 0 unspecified atom stereocenters. The van der Waals surface area contributed by atoms with Crippen molar-refractivity contribution in [2.75, 3.05) is 5.32 Å². The number of carbonyl (C=O) groups excluding carboxylic acids is 1. The van der Waals surface area contributed by atoms with E-state index in [1.807, 2.05) is 49.4 Å². The van der Waals surface area contributed by atoms with Crippen LogP contribution in [0.25, 0.3) is 16.6 Å². The Morgan fingerprint density at radius 2 is 1.57 bits per heavy atom. The highest BCUT2D eigenvalue weighted by atomic mass is 16.1. The predicted octanol–water partition coefficient (Wildman–Crippen LogP) is 4.25. The molecule has 138 valence electrons. The molecule has 5 heteroatoms. The molecule has 5 nitrogen and oxygen atoms in total. The van der Waals surface area contributed by atoms with Gasteiger partial charge < -0.3 is 5.32 Å². The lowest BCUT2D eigenvalue weighted by Gasteiger charge is -2.12. The molecule has 0 fully saturated rings. The summed E-state index contributed by atoms with van der Waals surface area (Å²) in [6.45, 7) is 3.74. The summed E-state index contributed by atoms with van der Waals surface area (Å²) in [5.74, 6) is 0.405. The monoisotopic (exact) mass is 369 g/mol. The number of hydrogen-bond donors (Lipinski definition) is 1. The van der Waals surface area contributed by atoms with Gasteiger partial charge in [0.15, 0.2) is 0 Å². The highest BCUT2D eigenvalue weighted by Crippen LogP contribution is 2.17. The van der Waals surface area contributed by atoms with Crippen LogP contribution >= 0.6 is 0 Å². The number of benzene rings is 3. The number of aromatic nitrogens is 2. The molecule has 0 saturated carbocycles. The lowest BCUT2D eigenvalue weighted by atomic mass is 10.1. The first-order valence-electron chi connectivity index (χ1n) is 9.00. The summed E-state index contributed by atoms with van der Waals surface area (Å²) in [4.78, 5) is 29.9. The molecule has 28 heavy (non-hydrogen) atoms. The first-order chi connectivity index (χ1) is 13.5. The smallest absolute Gasteiger partial charge is 0.265 e. The zero-order chi connectivity index (χ0) is 19.7. The van der Waals surface area contributed by atoms with E-state index in [9.17, 15) is 9.59 Å². The van der Waals surface area contributed by atoms with Gasteiger partial charge in [-0.05, 0) is 61.9 Å². The summed E-state index contributed by atoms with van der Waals surface area (Å²) >= 11 is 0. The Labute approximate surface area is 162 Å². The fourth-order valence-electron chi connectivity index (χ4n) is 3.22. The summed E-state index contributed by atoms with van der Waals surface area (Å²) in [6.07, 6.45) is 0. The number of carbonyl (C=O) groups is 1. The number of hydrogen-bond acceptors (Lipinski definition) is 3. The molecule has 0 aliphatic carbocycles. The molecule has 1 aromatic heterocycles. The van der Waals surface area contributed by atoms with Crippen LogP contribution in [0.5, 0.6) is 0 Å². The second-order valence-electron chi connectivity index (χ2n) is 6.63. The van der Waals surface area contributed by atoms with E-state index in [2.05, 4.69) is 10.3 Å². The Hall–Kier alpha value is -3.73.